The maximum atomic E-state index is 11.3. The Bertz CT molecular complexity index is 358. The molecule has 0 spiro atoms. The topological polar surface area (TPSA) is 26.3 Å². The van der Waals surface area contributed by atoms with Crippen molar-refractivity contribution < 1.29 is 9.53 Å². The number of esters is 1. The van der Waals surface area contributed by atoms with Crippen LogP contribution in [0, 0.1) is 5.92 Å². The summed E-state index contributed by atoms with van der Waals surface area (Å²) in [4.78, 5) is 11.3. The summed E-state index contributed by atoms with van der Waals surface area (Å²) in [5, 5.41) is 0. The van der Waals surface area contributed by atoms with Crippen LogP contribution in [0.25, 0.3) is 0 Å². The van der Waals surface area contributed by atoms with Gasteiger partial charge in [0.05, 0.1) is 5.92 Å². The van der Waals surface area contributed by atoms with Gasteiger partial charge in [0.15, 0.2) is 0 Å². The minimum atomic E-state index is 0.0107. The minimum absolute atomic E-state index is 0.0107. The maximum Gasteiger partial charge on any atom is 0.313 e. The first-order valence-electron chi connectivity index (χ1n) is 6.55. The van der Waals surface area contributed by atoms with E-state index in [2.05, 4.69) is 31.2 Å². The fraction of sp³-hybridized carbons (Fsp3) is 0.533. The molecule has 1 aliphatic rings. The highest BCUT2D eigenvalue weighted by Crippen LogP contribution is 2.30. The predicted octanol–water partition coefficient (Wildman–Crippen LogP) is 3.35. The zero-order valence-corrected chi connectivity index (χ0v) is 10.4. The summed E-state index contributed by atoms with van der Waals surface area (Å²) in [5.41, 5.74) is 1.35. The van der Waals surface area contributed by atoms with Crippen LogP contribution in [0.15, 0.2) is 30.3 Å². The normalized spacial score (nSPS) is 23.0. The summed E-state index contributed by atoms with van der Waals surface area (Å²) in [5.74, 6) is 0.176. The molecule has 2 atom stereocenters. The van der Waals surface area contributed by atoms with E-state index < -0.39 is 0 Å². The Labute approximate surface area is 103 Å². The second-order valence-electron chi connectivity index (χ2n) is 4.75. The van der Waals surface area contributed by atoms with Crippen LogP contribution in [0.5, 0.6) is 0 Å². The highest BCUT2D eigenvalue weighted by molar-refractivity contribution is 5.78. The van der Waals surface area contributed by atoms with Crippen LogP contribution < -0.4 is 0 Å². The quantitative estimate of drug-likeness (QED) is 0.703. The fourth-order valence-corrected chi connectivity index (χ4v) is 2.42. The number of hydrogen-bond acceptors (Lipinski definition) is 2. The van der Waals surface area contributed by atoms with Crippen LogP contribution in [0.1, 0.15) is 38.2 Å². The highest BCUT2D eigenvalue weighted by Gasteiger charge is 2.40. The molecule has 2 heteroatoms. The number of carbonyl (C=O) groups excluding carboxylic acids is 1. The Hall–Kier alpha value is -1.31. The van der Waals surface area contributed by atoms with Crippen LogP contribution in [0.3, 0.4) is 0 Å². The summed E-state index contributed by atoms with van der Waals surface area (Å²) in [6.07, 6.45) is 5.41. The summed E-state index contributed by atoms with van der Waals surface area (Å²) >= 11 is 0. The molecule has 0 radical (unpaired) electrons. The second kappa shape index (κ2) is 5.85. The lowest BCUT2D eigenvalue weighted by molar-refractivity contribution is -0.186. The molecule has 0 saturated carbocycles. The average molecular weight is 232 g/mol. The Morgan fingerprint density at radius 2 is 1.94 bits per heavy atom. The number of hydrogen-bond donors (Lipinski definition) is 0. The van der Waals surface area contributed by atoms with E-state index >= 15 is 0 Å². The number of ether oxygens (including phenoxy) is 1. The van der Waals surface area contributed by atoms with E-state index in [4.69, 9.17) is 4.74 Å². The molecule has 1 aliphatic heterocycles. The maximum absolute atomic E-state index is 11.3. The molecule has 2 rings (SSSR count). The van der Waals surface area contributed by atoms with Crippen molar-refractivity contribution in [3.8, 4) is 0 Å². The zero-order chi connectivity index (χ0) is 12.1. The van der Waals surface area contributed by atoms with Gasteiger partial charge in [0.1, 0.15) is 6.10 Å². The first kappa shape index (κ1) is 12.2. The van der Waals surface area contributed by atoms with E-state index in [1.807, 2.05) is 6.07 Å². The largest absolute Gasteiger partial charge is 0.461 e. The lowest BCUT2D eigenvalue weighted by Crippen LogP contribution is -2.44. The van der Waals surface area contributed by atoms with Crippen LogP contribution in [-0.4, -0.2) is 12.1 Å². The minimum Gasteiger partial charge on any atom is -0.461 e. The molecule has 0 aliphatic carbocycles. The van der Waals surface area contributed by atoms with Gasteiger partial charge in [-0.05, 0) is 31.2 Å². The smallest absolute Gasteiger partial charge is 0.313 e. The van der Waals surface area contributed by atoms with Gasteiger partial charge in [-0.15, -0.1) is 0 Å². The Morgan fingerprint density at radius 1 is 1.18 bits per heavy atom. The zero-order valence-electron chi connectivity index (χ0n) is 10.4. The van der Waals surface area contributed by atoms with E-state index in [9.17, 15) is 4.79 Å². The van der Waals surface area contributed by atoms with Crippen LogP contribution >= 0.6 is 0 Å². The monoisotopic (exact) mass is 232 g/mol. The molecule has 0 amide bonds. The molecule has 1 aromatic rings. The van der Waals surface area contributed by atoms with Gasteiger partial charge in [0.2, 0.25) is 0 Å². The third-order valence-corrected chi connectivity index (χ3v) is 3.42. The van der Waals surface area contributed by atoms with Crippen molar-refractivity contribution in [3.05, 3.63) is 35.9 Å². The van der Waals surface area contributed by atoms with E-state index in [-0.39, 0.29) is 18.0 Å². The molecule has 1 aromatic carbocycles. The van der Waals surface area contributed by atoms with Crippen LogP contribution in [0.4, 0.5) is 0 Å². The van der Waals surface area contributed by atoms with E-state index in [1.165, 1.54) is 5.56 Å². The van der Waals surface area contributed by atoms with Crippen molar-refractivity contribution in [3.63, 3.8) is 0 Å². The van der Waals surface area contributed by atoms with Crippen LogP contribution in [0.2, 0.25) is 0 Å². The lowest BCUT2D eigenvalue weighted by Gasteiger charge is -2.35. The molecule has 2 unspecified atom stereocenters. The molecular formula is C15H20O2. The fourth-order valence-electron chi connectivity index (χ4n) is 2.42. The summed E-state index contributed by atoms with van der Waals surface area (Å²) in [7, 11) is 0. The van der Waals surface area contributed by atoms with Gasteiger partial charge in [0.25, 0.3) is 0 Å². The standard InChI is InChI=1S/C15H20O2/c1-2-7-14-13(15(16)17-14)11-6-10-12-8-4-3-5-9-12/h3-5,8-9,13-14H,2,6-7,10-11H2,1H3. The molecule has 0 N–H and O–H groups in total. The van der Waals surface area contributed by atoms with Crippen molar-refractivity contribution in [2.75, 3.05) is 0 Å². The first-order valence-corrected chi connectivity index (χ1v) is 6.55. The average Bonchev–Trinajstić information content (AvgIpc) is 2.35. The lowest BCUT2D eigenvalue weighted by atomic mass is 9.88. The number of benzene rings is 1. The number of rotatable bonds is 6. The molecule has 92 valence electrons. The Balaban J connectivity index is 1.73. The van der Waals surface area contributed by atoms with Gasteiger partial charge in [-0.2, -0.15) is 0 Å². The highest BCUT2D eigenvalue weighted by atomic mass is 16.6. The van der Waals surface area contributed by atoms with Gasteiger partial charge < -0.3 is 4.74 Å². The number of cyclic esters (lactones) is 1. The van der Waals surface area contributed by atoms with Crippen molar-refractivity contribution in [1.29, 1.82) is 0 Å². The van der Waals surface area contributed by atoms with Crippen molar-refractivity contribution >= 4 is 5.97 Å². The molecule has 2 nitrogen and oxygen atoms in total. The SMILES string of the molecule is CCCC1OC(=O)C1CCCc1ccccc1. The van der Waals surface area contributed by atoms with Gasteiger partial charge in [-0.1, -0.05) is 43.7 Å². The first-order chi connectivity index (χ1) is 8.31. The van der Waals surface area contributed by atoms with Gasteiger partial charge in [-0.25, -0.2) is 0 Å². The summed E-state index contributed by atoms with van der Waals surface area (Å²) in [6, 6.07) is 10.4. The van der Waals surface area contributed by atoms with Gasteiger partial charge in [0, 0.05) is 0 Å². The second-order valence-corrected chi connectivity index (χ2v) is 4.75. The molecule has 17 heavy (non-hydrogen) atoms. The Morgan fingerprint density at radius 3 is 2.59 bits per heavy atom. The third-order valence-electron chi connectivity index (χ3n) is 3.42. The van der Waals surface area contributed by atoms with Gasteiger partial charge >= 0.3 is 5.97 Å². The van der Waals surface area contributed by atoms with Crippen molar-refractivity contribution in [2.45, 2.75) is 45.1 Å². The summed E-state index contributed by atoms with van der Waals surface area (Å²) in [6.45, 7) is 2.13. The van der Waals surface area contributed by atoms with Gasteiger partial charge in [-0.3, -0.25) is 4.79 Å². The van der Waals surface area contributed by atoms with E-state index in [0.717, 1.165) is 32.1 Å². The predicted molar refractivity (Wildman–Crippen MR) is 67.7 cm³/mol. The number of aryl methyl sites for hydroxylation is 1. The van der Waals surface area contributed by atoms with Crippen LogP contribution in [-0.2, 0) is 16.0 Å². The van der Waals surface area contributed by atoms with E-state index in [1.54, 1.807) is 0 Å². The Kier molecular flexibility index (Phi) is 4.18. The molecule has 0 aromatic heterocycles. The molecular weight excluding hydrogens is 212 g/mol. The van der Waals surface area contributed by atoms with E-state index in [0.29, 0.717) is 0 Å². The third kappa shape index (κ3) is 3.09. The molecule has 0 bridgehead atoms. The molecule has 1 heterocycles. The number of carbonyl (C=O) groups is 1. The molecule has 1 fully saturated rings. The van der Waals surface area contributed by atoms with Crippen molar-refractivity contribution in [1.82, 2.24) is 0 Å². The summed E-state index contributed by atoms with van der Waals surface area (Å²) < 4.78 is 5.16. The van der Waals surface area contributed by atoms with Crippen molar-refractivity contribution in [2.24, 2.45) is 5.92 Å². The molecule has 1 saturated heterocycles.